The van der Waals surface area contributed by atoms with E-state index in [2.05, 4.69) is 17.2 Å². The van der Waals surface area contributed by atoms with Crippen LogP contribution in [0, 0.1) is 0 Å². The van der Waals surface area contributed by atoms with E-state index in [1.54, 1.807) is 11.3 Å². The standard InChI is InChI=1S/C9H14N2OS/c1-2-10-5-9-11-7-3-4-12-6-8(7)13-9/h10H,2-6H2,1H3. The molecule has 0 atom stereocenters. The van der Waals surface area contributed by atoms with Gasteiger partial charge in [-0.25, -0.2) is 4.98 Å². The predicted octanol–water partition coefficient (Wildman–Crippen LogP) is 1.33. The van der Waals surface area contributed by atoms with E-state index in [1.807, 2.05) is 0 Å². The van der Waals surface area contributed by atoms with Gasteiger partial charge in [-0.1, -0.05) is 6.92 Å². The monoisotopic (exact) mass is 198 g/mol. The van der Waals surface area contributed by atoms with Gasteiger partial charge in [0, 0.05) is 13.0 Å². The van der Waals surface area contributed by atoms with Crippen LogP contribution in [0.2, 0.25) is 0 Å². The second-order valence-electron chi connectivity index (χ2n) is 3.06. The number of rotatable bonds is 3. The molecular formula is C9H14N2OS. The number of nitrogens with one attached hydrogen (secondary N) is 1. The molecule has 3 nitrogen and oxygen atoms in total. The average molecular weight is 198 g/mol. The molecule has 0 spiro atoms. The first-order valence-corrected chi connectivity index (χ1v) is 5.47. The first kappa shape index (κ1) is 9.12. The molecule has 2 rings (SSSR count). The third kappa shape index (κ3) is 2.07. The fourth-order valence-electron chi connectivity index (χ4n) is 1.39. The summed E-state index contributed by atoms with van der Waals surface area (Å²) in [6, 6.07) is 0. The van der Waals surface area contributed by atoms with E-state index in [-0.39, 0.29) is 0 Å². The Kier molecular flexibility index (Phi) is 2.93. The molecule has 1 N–H and O–H groups in total. The lowest BCUT2D eigenvalue weighted by molar-refractivity contribution is 0.112. The molecule has 0 saturated carbocycles. The molecule has 1 aromatic heterocycles. The number of nitrogens with zero attached hydrogens (tertiary/aromatic N) is 1. The van der Waals surface area contributed by atoms with Crippen molar-refractivity contribution in [2.75, 3.05) is 13.2 Å². The third-order valence-electron chi connectivity index (χ3n) is 2.07. The van der Waals surface area contributed by atoms with Crippen LogP contribution in [0.15, 0.2) is 0 Å². The number of thiazole rings is 1. The van der Waals surface area contributed by atoms with Crippen molar-refractivity contribution >= 4 is 11.3 Å². The van der Waals surface area contributed by atoms with E-state index >= 15 is 0 Å². The fraction of sp³-hybridized carbons (Fsp3) is 0.667. The van der Waals surface area contributed by atoms with Gasteiger partial charge in [-0.3, -0.25) is 0 Å². The first-order valence-electron chi connectivity index (χ1n) is 4.66. The number of fused-ring (bicyclic) bond motifs is 1. The van der Waals surface area contributed by atoms with Crippen molar-refractivity contribution in [2.45, 2.75) is 26.5 Å². The van der Waals surface area contributed by atoms with Crippen LogP contribution in [-0.4, -0.2) is 18.1 Å². The smallest absolute Gasteiger partial charge is 0.107 e. The maximum absolute atomic E-state index is 5.36. The lowest BCUT2D eigenvalue weighted by atomic mass is 10.2. The summed E-state index contributed by atoms with van der Waals surface area (Å²) in [5, 5.41) is 4.47. The van der Waals surface area contributed by atoms with Gasteiger partial charge in [0.15, 0.2) is 0 Å². The lowest BCUT2D eigenvalue weighted by Gasteiger charge is -2.08. The molecule has 13 heavy (non-hydrogen) atoms. The van der Waals surface area contributed by atoms with E-state index in [9.17, 15) is 0 Å². The highest BCUT2D eigenvalue weighted by Crippen LogP contribution is 2.23. The van der Waals surface area contributed by atoms with Crippen molar-refractivity contribution in [3.8, 4) is 0 Å². The van der Waals surface area contributed by atoms with Gasteiger partial charge in [-0.05, 0) is 6.54 Å². The second-order valence-corrected chi connectivity index (χ2v) is 4.23. The normalized spacial score (nSPS) is 15.8. The van der Waals surface area contributed by atoms with Crippen LogP contribution in [0.5, 0.6) is 0 Å². The van der Waals surface area contributed by atoms with Gasteiger partial charge in [0.2, 0.25) is 0 Å². The number of hydrogen-bond donors (Lipinski definition) is 1. The summed E-state index contributed by atoms with van der Waals surface area (Å²) in [6.07, 6.45) is 0.984. The minimum atomic E-state index is 0.763. The number of hydrogen-bond acceptors (Lipinski definition) is 4. The molecule has 1 aromatic rings. The molecule has 1 aliphatic rings. The Hall–Kier alpha value is -0.450. The summed E-state index contributed by atoms with van der Waals surface area (Å²) in [6.45, 7) is 5.60. The van der Waals surface area contributed by atoms with Crippen molar-refractivity contribution < 1.29 is 4.74 Å². The van der Waals surface area contributed by atoms with Gasteiger partial charge in [-0.15, -0.1) is 11.3 Å². The Morgan fingerprint density at radius 1 is 1.62 bits per heavy atom. The molecule has 0 saturated heterocycles. The van der Waals surface area contributed by atoms with Gasteiger partial charge in [0.25, 0.3) is 0 Å². The molecule has 2 heterocycles. The fourth-order valence-corrected chi connectivity index (χ4v) is 2.41. The number of aromatic nitrogens is 1. The quantitative estimate of drug-likeness (QED) is 0.795. The van der Waals surface area contributed by atoms with Crippen molar-refractivity contribution in [2.24, 2.45) is 0 Å². The van der Waals surface area contributed by atoms with E-state index in [0.717, 1.165) is 32.7 Å². The summed E-state index contributed by atoms with van der Waals surface area (Å²) in [7, 11) is 0. The highest BCUT2D eigenvalue weighted by molar-refractivity contribution is 7.11. The van der Waals surface area contributed by atoms with Crippen LogP contribution in [0.3, 0.4) is 0 Å². The van der Waals surface area contributed by atoms with Crippen LogP contribution in [0.25, 0.3) is 0 Å². The highest BCUT2D eigenvalue weighted by atomic mass is 32.1. The SMILES string of the molecule is CCNCc1nc2c(s1)COCC2. The van der Waals surface area contributed by atoms with Gasteiger partial charge in [0.1, 0.15) is 5.01 Å². The Labute approximate surface area is 82.1 Å². The van der Waals surface area contributed by atoms with Gasteiger partial charge >= 0.3 is 0 Å². The zero-order chi connectivity index (χ0) is 9.10. The second kappa shape index (κ2) is 4.17. The van der Waals surface area contributed by atoms with E-state index in [1.165, 1.54) is 15.6 Å². The highest BCUT2D eigenvalue weighted by Gasteiger charge is 2.14. The maximum Gasteiger partial charge on any atom is 0.107 e. The molecule has 0 radical (unpaired) electrons. The van der Waals surface area contributed by atoms with Gasteiger partial charge in [0.05, 0.1) is 23.8 Å². The molecule has 1 aliphatic heterocycles. The van der Waals surface area contributed by atoms with Crippen LogP contribution < -0.4 is 5.32 Å². The lowest BCUT2D eigenvalue weighted by Crippen LogP contribution is -2.11. The zero-order valence-electron chi connectivity index (χ0n) is 7.80. The number of ether oxygens (including phenoxy) is 1. The topological polar surface area (TPSA) is 34.2 Å². The molecule has 0 bridgehead atoms. The Balaban J connectivity index is 2.07. The zero-order valence-corrected chi connectivity index (χ0v) is 8.62. The molecule has 0 aromatic carbocycles. The molecule has 0 unspecified atom stereocenters. The van der Waals surface area contributed by atoms with Crippen LogP contribution in [-0.2, 0) is 24.3 Å². The van der Waals surface area contributed by atoms with E-state index in [0.29, 0.717) is 0 Å². The summed E-state index contributed by atoms with van der Waals surface area (Å²) < 4.78 is 5.36. The molecule has 0 fully saturated rings. The average Bonchev–Trinajstić information content (AvgIpc) is 2.57. The Morgan fingerprint density at radius 3 is 3.31 bits per heavy atom. The summed E-state index contributed by atoms with van der Waals surface area (Å²) >= 11 is 1.78. The van der Waals surface area contributed by atoms with Crippen LogP contribution in [0.4, 0.5) is 0 Å². The van der Waals surface area contributed by atoms with Crippen molar-refractivity contribution in [3.05, 3.63) is 15.6 Å². The molecule has 72 valence electrons. The van der Waals surface area contributed by atoms with Crippen molar-refractivity contribution in [1.82, 2.24) is 10.3 Å². The molecular weight excluding hydrogens is 184 g/mol. The molecule has 0 amide bonds. The largest absolute Gasteiger partial charge is 0.375 e. The summed E-state index contributed by atoms with van der Waals surface area (Å²) in [5.74, 6) is 0. The minimum Gasteiger partial charge on any atom is -0.375 e. The first-order chi connectivity index (χ1) is 6.40. The van der Waals surface area contributed by atoms with Gasteiger partial charge < -0.3 is 10.1 Å². The molecule has 4 heteroatoms. The Morgan fingerprint density at radius 2 is 2.54 bits per heavy atom. The van der Waals surface area contributed by atoms with Crippen molar-refractivity contribution in [3.63, 3.8) is 0 Å². The Bertz CT molecular complexity index is 262. The predicted molar refractivity (Wildman–Crippen MR) is 52.9 cm³/mol. The minimum absolute atomic E-state index is 0.763. The summed E-state index contributed by atoms with van der Waals surface area (Å²) in [4.78, 5) is 5.88. The van der Waals surface area contributed by atoms with Crippen LogP contribution >= 0.6 is 11.3 Å². The van der Waals surface area contributed by atoms with Crippen LogP contribution in [0.1, 0.15) is 22.5 Å². The van der Waals surface area contributed by atoms with Crippen molar-refractivity contribution in [1.29, 1.82) is 0 Å². The molecule has 0 aliphatic carbocycles. The van der Waals surface area contributed by atoms with Gasteiger partial charge in [-0.2, -0.15) is 0 Å². The maximum atomic E-state index is 5.36. The van der Waals surface area contributed by atoms with E-state index < -0.39 is 0 Å². The van der Waals surface area contributed by atoms with E-state index in [4.69, 9.17) is 4.74 Å². The summed E-state index contributed by atoms with van der Waals surface area (Å²) in [5.41, 5.74) is 1.25. The third-order valence-corrected chi connectivity index (χ3v) is 3.14.